The summed E-state index contributed by atoms with van der Waals surface area (Å²) in [6.07, 6.45) is 3.48. The van der Waals surface area contributed by atoms with Crippen LogP contribution in [0.5, 0.6) is 0 Å². The summed E-state index contributed by atoms with van der Waals surface area (Å²) in [6, 6.07) is 12.8. The first kappa shape index (κ1) is 18.1. The summed E-state index contributed by atoms with van der Waals surface area (Å²) in [5.41, 5.74) is 1.32. The molecule has 0 amide bonds. The van der Waals surface area contributed by atoms with Crippen LogP contribution in [0.1, 0.15) is 18.1 Å². The topological polar surface area (TPSA) is 57.5 Å². The second-order valence-corrected chi connectivity index (χ2v) is 4.35. The van der Waals surface area contributed by atoms with E-state index in [1.54, 1.807) is 48.6 Å². The predicted molar refractivity (Wildman–Crippen MR) is 85.3 cm³/mol. The van der Waals surface area contributed by atoms with E-state index in [4.69, 9.17) is 15.0 Å². The van der Waals surface area contributed by atoms with Gasteiger partial charge in [-0.15, -0.1) is 0 Å². The van der Waals surface area contributed by atoms with Crippen LogP contribution >= 0.6 is 0 Å². The summed E-state index contributed by atoms with van der Waals surface area (Å²) in [5, 5.41) is 13.9. The standard InChI is InChI=1S/C17H14F2.CH2O3/c1-2-3-8-13(14-9-4-6-11-16(14)18)15-10-5-7-12-17(15)19;2-1(3)4/h2-12H,1H3;(H2,2,3,4)/b3-2-;. The zero-order valence-corrected chi connectivity index (χ0v) is 12.4. The minimum Gasteiger partial charge on any atom is -0.450 e. The van der Waals surface area contributed by atoms with E-state index < -0.39 is 6.16 Å². The van der Waals surface area contributed by atoms with Gasteiger partial charge in [0.25, 0.3) is 0 Å². The van der Waals surface area contributed by atoms with E-state index in [1.807, 2.05) is 13.0 Å². The molecule has 2 aromatic carbocycles. The van der Waals surface area contributed by atoms with Gasteiger partial charge in [0.05, 0.1) is 0 Å². The zero-order valence-electron chi connectivity index (χ0n) is 12.4. The van der Waals surface area contributed by atoms with E-state index in [0.717, 1.165) is 0 Å². The first-order valence-electron chi connectivity index (χ1n) is 6.72. The molecule has 0 fully saturated rings. The van der Waals surface area contributed by atoms with E-state index in [1.165, 1.54) is 12.1 Å². The van der Waals surface area contributed by atoms with Crippen molar-refractivity contribution >= 4 is 11.7 Å². The fraction of sp³-hybridized carbons (Fsp3) is 0.0556. The Hall–Kier alpha value is -2.95. The number of allylic oxidation sites excluding steroid dienone is 3. The molecule has 120 valence electrons. The number of carboxylic acid groups (broad SMARTS) is 2. The van der Waals surface area contributed by atoms with Crippen molar-refractivity contribution in [3.63, 3.8) is 0 Å². The second-order valence-electron chi connectivity index (χ2n) is 4.35. The van der Waals surface area contributed by atoms with Crippen molar-refractivity contribution in [2.24, 2.45) is 0 Å². The highest BCUT2D eigenvalue weighted by Gasteiger charge is 2.12. The van der Waals surface area contributed by atoms with Crippen molar-refractivity contribution in [3.05, 3.63) is 89.5 Å². The fourth-order valence-electron chi connectivity index (χ4n) is 1.88. The summed E-state index contributed by atoms with van der Waals surface area (Å²) in [4.78, 5) is 8.56. The number of carbonyl (C=O) groups is 1. The van der Waals surface area contributed by atoms with Crippen molar-refractivity contribution in [3.8, 4) is 0 Å². The number of halogens is 2. The molecule has 0 bridgehead atoms. The van der Waals surface area contributed by atoms with Crippen LogP contribution in [-0.4, -0.2) is 16.4 Å². The van der Waals surface area contributed by atoms with Gasteiger partial charge in [-0.25, -0.2) is 13.6 Å². The highest BCUT2D eigenvalue weighted by atomic mass is 19.1. The van der Waals surface area contributed by atoms with Crippen LogP contribution in [0.3, 0.4) is 0 Å². The lowest BCUT2D eigenvalue weighted by Gasteiger charge is -2.09. The number of benzene rings is 2. The van der Waals surface area contributed by atoms with Gasteiger partial charge >= 0.3 is 6.16 Å². The Labute approximate surface area is 132 Å². The molecule has 0 saturated carbocycles. The van der Waals surface area contributed by atoms with Gasteiger partial charge in [0, 0.05) is 11.1 Å². The van der Waals surface area contributed by atoms with Crippen LogP contribution in [0, 0.1) is 11.6 Å². The Morgan fingerprint density at radius 2 is 1.30 bits per heavy atom. The average molecular weight is 318 g/mol. The SMILES string of the molecule is C/C=C\C=C(c1ccccc1F)c1ccccc1F.O=C(O)O. The molecule has 0 atom stereocenters. The molecule has 0 saturated heterocycles. The van der Waals surface area contributed by atoms with Crippen molar-refractivity contribution in [1.29, 1.82) is 0 Å². The largest absolute Gasteiger partial charge is 0.503 e. The lowest BCUT2D eigenvalue weighted by atomic mass is 9.96. The molecule has 5 heteroatoms. The Kier molecular flexibility index (Phi) is 7.20. The van der Waals surface area contributed by atoms with Crippen LogP contribution < -0.4 is 0 Å². The first-order valence-corrected chi connectivity index (χ1v) is 6.72. The van der Waals surface area contributed by atoms with Gasteiger partial charge in [-0.1, -0.05) is 54.6 Å². The van der Waals surface area contributed by atoms with Crippen LogP contribution in [0.15, 0.2) is 66.8 Å². The van der Waals surface area contributed by atoms with Crippen LogP contribution in [-0.2, 0) is 0 Å². The second kappa shape index (κ2) is 9.15. The normalized spacial score (nSPS) is 9.87. The maximum atomic E-state index is 13.9. The third kappa shape index (κ3) is 5.74. The number of hydrogen-bond donors (Lipinski definition) is 2. The fourth-order valence-corrected chi connectivity index (χ4v) is 1.88. The highest BCUT2D eigenvalue weighted by molar-refractivity contribution is 5.81. The minimum atomic E-state index is -1.83. The predicted octanol–water partition coefficient (Wildman–Crippen LogP) is 5.20. The summed E-state index contributed by atoms with van der Waals surface area (Å²) >= 11 is 0. The maximum Gasteiger partial charge on any atom is 0.503 e. The maximum absolute atomic E-state index is 13.9. The molecular weight excluding hydrogens is 302 g/mol. The highest BCUT2D eigenvalue weighted by Crippen LogP contribution is 2.27. The van der Waals surface area contributed by atoms with E-state index in [0.29, 0.717) is 16.7 Å². The Balaban J connectivity index is 0.000000593. The molecule has 0 aliphatic carbocycles. The third-order valence-corrected chi connectivity index (χ3v) is 2.78. The van der Waals surface area contributed by atoms with Crippen molar-refractivity contribution in [2.75, 3.05) is 0 Å². The molecule has 0 aromatic heterocycles. The third-order valence-electron chi connectivity index (χ3n) is 2.78. The minimum absolute atomic E-state index is 0.360. The monoisotopic (exact) mass is 318 g/mol. The van der Waals surface area contributed by atoms with Crippen LogP contribution in [0.2, 0.25) is 0 Å². The number of rotatable bonds is 3. The first-order chi connectivity index (χ1) is 11.0. The van der Waals surface area contributed by atoms with Crippen molar-refractivity contribution < 1.29 is 23.8 Å². The lowest BCUT2D eigenvalue weighted by molar-refractivity contribution is 0.137. The van der Waals surface area contributed by atoms with Crippen molar-refractivity contribution in [2.45, 2.75) is 6.92 Å². The smallest absolute Gasteiger partial charge is 0.450 e. The van der Waals surface area contributed by atoms with Gasteiger partial charge in [0.2, 0.25) is 0 Å². The van der Waals surface area contributed by atoms with Gasteiger partial charge in [-0.3, -0.25) is 0 Å². The van der Waals surface area contributed by atoms with Gasteiger partial charge in [0.15, 0.2) is 0 Å². The van der Waals surface area contributed by atoms with E-state index in [-0.39, 0.29) is 11.6 Å². The zero-order chi connectivity index (χ0) is 17.2. The molecular formula is C18H16F2O3. The molecule has 2 aromatic rings. The molecule has 0 aliphatic heterocycles. The molecule has 0 heterocycles. The quantitative estimate of drug-likeness (QED) is 0.765. The molecule has 0 aliphatic rings. The van der Waals surface area contributed by atoms with E-state index in [2.05, 4.69) is 0 Å². The van der Waals surface area contributed by atoms with E-state index >= 15 is 0 Å². The molecule has 3 nitrogen and oxygen atoms in total. The van der Waals surface area contributed by atoms with Gasteiger partial charge in [0.1, 0.15) is 11.6 Å². The molecule has 0 unspecified atom stereocenters. The molecule has 0 spiro atoms. The molecule has 0 radical (unpaired) electrons. The summed E-state index contributed by atoms with van der Waals surface area (Å²) in [5.74, 6) is -0.719. The Morgan fingerprint density at radius 1 is 0.913 bits per heavy atom. The van der Waals surface area contributed by atoms with Gasteiger partial charge < -0.3 is 10.2 Å². The Bertz CT molecular complexity index is 670. The molecule has 2 N–H and O–H groups in total. The summed E-state index contributed by atoms with van der Waals surface area (Å²) in [7, 11) is 0. The lowest BCUT2D eigenvalue weighted by Crippen LogP contribution is -1.94. The molecule has 23 heavy (non-hydrogen) atoms. The summed E-state index contributed by atoms with van der Waals surface area (Å²) < 4.78 is 27.8. The summed E-state index contributed by atoms with van der Waals surface area (Å²) in [6.45, 7) is 1.86. The van der Waals surface area contributed by atoms with Crippen LogP contribution in [0.25, 0.3) is 5.57 Å². The van der Waals surface area contributed by atoms with Gasteiger partial charge in [-0.2, -0.15) is 0 Å². The average Bonchev–Trinajstić information content (AvgIpc) is 2.50. The number of hydrogen-bond acceptors (Lipinski definition) is 1. The molecule has 2 rings (SSSR count). The van der Waals surface area contributed by atoms with Gasteiger partial charge in [-0.05, 0) is 24.6 Å². The van der Waals surface area contributed by atoms with E-state index in [9.17, 15) is 8.78 Å². The van der Waals surface area contributed by atoms with Crippen LogP contribution in [0.4, 0.5) is 13.6 Å². The Morgan fingerprint density at radius 3 is 1.65 bits per heavy atom. The van der Waals surface area contributed by atoms with Crippen molar-refractivity contribution in [1.82, 2.24) is 0 Å².